The Morgan fingerprint density at radius 2 is 2.14 bits per heavy atom. The van der Waals surface area contributed by atoms with Gasteiger partial charge in [0.1, 0.15) is 0 Å². The van der Waals surface area contributed by atoms with Crippen molar-refractivity contribution in [3.8, 4) is 11.5 Å². The fraction of sp³-hybridized carbons (Fsp3) is 0.667. The number of hydrogen-bond acceptors (Lipinski definition) is 4. The van der Waals surface area contributed by atoms with Gasteiger partial charge >= 0.3 is 0 Å². The van der Waals surface area contributed by atoms with E-state index in [4.69, 9.17) is 4.74 Å². The first-order chi connectivity index (χ1) is 10.7. The van der Waals surface area contributed by atoms with Crippen molar-refractivity contribution in [3.05, 3.63) is 23.3 Å². The van der Waals surface area contributed by atoms with E-state index in [-0.39, 0.29) is 12.4 Å². The van der Waals surface area contributed by atoms with Crippen molar-refractivity contribution in [1.82, 2.24) is 4.90 Å². The third-order valence-corrected chi connectivity index (χ3v) is 5.59. The summed E-state index contributed by atoms with van der Waals surface area (Å²) in [5.74, 6) is 2.06. The van der Waals surface area contributed by atoms with Crippen LogP contribution in [0.5, 0.6) is 11.5 Å². The molecule has 1 fully saturated rings. The third kappa shape index (κ3) is 2.70. The largest absolute Gasteiger partial charge is 0.504 e. The molecule has 0 amide bonds. The van der Waals surface area contributed by atoms with Crippen LogP contribution in [0.15, 0.2) is 12.1 Å². The van der Waals surface area contributed by atoms with Gasteiger partial charge in [-0.2, -0.15) is 0 Å². The number of ether oxygens (including phenoxy) is 1. The summed E-state index contributed by atoms with van der Waals surface area (Å²) in [5, 5.41) is 19.5. The highest BCUT2D eigenvalue weighted by Crippen LogP contribution is 2.45. The zero-order valence-corrected chi connectivity index (χ0v) is 13.6. The Hall–Kier alpha value is -1.26. The van der Waals surface area contributed by atoms with Gasteiger partial charge in [0.05, 0.1) is 7.11 Å². The van der Waals surface area contributed by atoms with Gasteiger partial charge in [0.2, 0.25) is 0 Å². The first-order valence-corrected chi connectivity index (χ1v) is 8.42. The van der Waals surface area contributed by atoms with Crippen LogP contribution < -0.4 is 4.74 Å². The van der Waals surface area contributed by atoms with Crippen LogP contribution in [0.3, 0.4) is 0 Å². The topological polar surface area (TPSA) is 52.9 Å². The molecule has 0 aliphatic carbocycles. The highest BCUT2D eigenvalue weighted by molar-refractivity contribution is 5.48. The molecule has 2 heterocycles. The standard InChI is InChI=1S/C18H27NO3/c1-3-12-11-19-6-4-14-9-18(22-2)17(21)10-15(14)16(19)8-13(12)5-7-20/h9-10,12-13,16,20-21H,3-8,11H2,1-2H3. The maximum Gasteiger partial charge on any atom is 0.160 e. The maximum atomic E-state index is 10.1. The number of phenols is 1. The summed E-state index contributed by atoms with van der Waals surface area (Å²) in [6.45, 7) is 4.71. The third-order valence-electron chi connectivity index (χ3n) is 5.59. The highest BCUT2D eigenvalue weighted by atomic mass is 16.5. The lowest BCUT2D eigenvalue weighted by molar-refractivity contribution is 0.0409. The van der Waals surface area contributed by atoms with Gasteiger partial charge in [-0.3, -0.25) is 4.90 Å². The summed E-state index contributed by atoms with van der Waals surface area (Å²) in [6.07, 6.45) is 4.16. The van der Waals surface area contributed by atoms with Gasteiger partial charge in [0.15, 0.2) is 11.5 Å². The van der Waals surface area contributed by atoms with Gasteiger partial charge in [0, 0.05) is 25.7 Å². The molecule has 1 aromatic carbocycles. The molecule has 122 valence electrons. The monoisotopic (exact) mass is 305 g/mol. The molecule has 3 atom stereocenters. The van der Waals surface area contributed by atoms with Crippen molar-refractivity contribution < 1.29 is 14.9 Å². The van der Waals surface area contributed by atoms with E-state index in [1.54, 1.807) is 7.11 Å². The van der Waals surface area contributed by atoms with Gasteiger partial charge in [-0.1, -0.05) is 13.3 Å². The number of fused-ring (bicyclic) bond motifs is 3. The van der Waals surface area contributed by atoms with Gasteiger partial charge in [-0.25, -0.2) is 0 Å². The summed E-state index contributed by atoms with van der Waals surface area (Å²) >= 11 is 0. The van der Waals surface area contributed by atoms with Crippen LogP contribution in [0.1, 0.15) is 43.4 Å². The summed E-state index contributed by atoms with van der Waals surface area (Å²) in [6, 6.07) is 4.27. The summed E-state index contributed by atoms with van der Waals surface area (Å²) in [7, 11) is 1.60. The van der Waals surface area contributed by atoms with E-state index in [9.17, 15) is 10.2 Å². The van der Waals surface area contributed by atoms with E-state index in [0.717, 1.165) is 32.4 Å². The van der Waals surface area contributed by atoms with Crippen molar-refractivity contribution in [1.29, 1.82) is 0 Å². The first kappa shape index (κ1) is 15.6. The molecule has 4 nitrogen and oxygen atoms in total. The first-order valence-electron chi connectivity index (χ1n) is 8.42. The van der Waals surface area contributed by atoms with E-state index in [2.05, 4.69) is 11.8 Å². The van der Waals surface area contributed by atoms with Crippen LogP contribution in [0.2, 0.25) is 0 Å². The van der Waals surface area contributed by atoms with E-state index in [1.165, 1.54) is 17.5 Å². The number of nitrogens with zero attached hydrogens (tertiary/aromatic N) is 1. The predicted molar refractivity (Wildman–Crippen MR) is 86.3 cm³/mol. The molecule has 0 spiro atoms. The van der Waals surface area contributed by atoms with Crippen molar-refractivity contribution in [2.24, 2.45) is 11.8 Å². The number of benzene rings is 1. The van der Waals surface area contributed by atoms with Gasteiger partial charge in [-0.05, 0) is 54.4 Å². The minimum atomic E-state index is 0.236. The average molecular weight is 305 g/mol. The lowest BCUT2D eigenvalue weighted by Crippen LogP contribution is -2.46. The van der Waals surface area contributed by atoms with Gasteiger partial charge in [-0.15, -0.1) is 0 Å². The fourth-order valence-corrected chi connectivity index (χ4v) is 4.34. The van der Waals surface area contributed by atoms with Crippen LogP contribution in [-0.4, -0.2) is 41.9 Å². The Morgan fingerprint density at radius 1 is 1.32 bits per heavy atom. The quantitative estimate of drug-likeness (QED) is 0.898. The molecule has 0 bridgehead atoms. The van der Waals surface area contributed by atoms with Crippen LogP contribution in [0, 0.1) is 11.8 Å². The number of aliphatic hydroxyl groups excluding tert-OH is 1. The SMILES string of the molecule is CCC1CN2CCc3cc(OC)c(O)cc3C2CC1CCO. The molecule has 0 saturated carbocycles. The second-order valence-electron chi connectivity index (χ2n) is 6.66. The Bertz CT molecular complexity index is 531. The Labute approximate surface area is 132 Å². The maximum absolute atomic E-state index is 10.1. The number of piperidine rings is 1. The molecule has 0 aromatic heterocycles. The second kappa shape index (κ2) is 6.47. The van der Waals surface area contributed by atoms with Crippen LogP contribution in [0.4, 0.5) is 0 Å². The van der Waals surface area contributed by atoms with Gasteiger partial charge in [0.25, 0.3) is 0 Å². The molecule has 1 saturated heterocycles. The molecule has 2 aliphatic rings. The molecule has 2 aliphatic heterocycles. The van der Waals surface area contributed by atoms with Gasteiger partial charge < -0.3 is 14.9 Å². The lowest BCUT2D eigenvalue weighted by atomic mass is 9.74. The lowest BCUT2D eigenvalue weighted by Gasteiger charge is -2.47. The molecule has 1 aromatic rings. The van der Waals surface area contributed by atoms with E-state index < -0.39 is 0 Å². The fourth-order valence-electron chi connectivity index (χ4n) is 4.34. The predicted octanol–water partition coefficient (Wildman–Crippen LogP) is 2.73. The zero-order chi connectivity index (χ0) is 15.7. The molecular formula is C18H27NO3. The minimum Gasteiger partial charge on any atom is -0.504 e. The Balaban J connectivity index is 1.90. The second-order valence-corrected chi connectivity index (χ2v) is 6.66. The smallest absolute Gasteiger partial charge is 0.160 e. The number of phenolic OH excluding ortho intramolecular Hbond substituents is 1. The molecule has 22 heavy (non-hydrogen) atoms. The minimum absolute atomic E-state index is 0.236. The molecular weight excluding hydrogens is 278 g/mol. The normalized spacial score (nSPS) is 28.0. The molecule has 4 heteroatoms. The van der Waals surface area contributed by atoms with Crippen LogP contribution in [-0.2, 0) is 6.42 Å². The van der Waals surface area contributed by atoms with Crippen molar-refractivity contribution in [3.63, 3.8) is 0 Å². The molecule has 3 rings (SSSR count). The van der Waals surface area contributed by atoms with Crippen molar-refractivity contribution in [2.45, 2.75) is 38.6 Å². The summed E-state index contributed by atoms with van der Waals surface area (Å²) in [4.78, 5) is 2.57. The number of methoxy groups -OCH3 is 1. The Morgan fingerprint density at radius 3 is 2.82 bits per heavy atom. The van der Waals surface area contributed by atoms with Crippen molar-refractivity contribution in [2.75, 3.05) is 26.8 Å². The summed E-state index contributed by atoms with van der Waals surface area (Å²) < 4.78 is 5.24. The number of rotatable bonds is 4. The number of aliphatic hydroxyl groups is 1. The summed E-state index contributed by atoms with van der Waals surface area (Å²) in [5.41, 5.74) is 2.55. The molecule has 0 radical (unpaired) electrons. The number of hydrogen-bond donors (Lipinski definition) is 2. The zero-order valence-electron chi connectivity index (χ0n) is 13.6. The van der Waals surface area contributed by atoms with E-state index in [1.807, 2.05) is 12.1 Å². The van der Waals surface area contributed by atoms with Crippen LogP contribution in [0.25, 0.3) is 0 Å². The van der Waals surface area contributed by atoms with Crippen LogP contribution >= 0.6 is 0 Å². The number of aromatic hydroxyl groups is 1. The highest BCUT2D eigenvalue weighted by Gasteiger charge is 2.38. The van der Waals surface area contributed by atoms with E-state index >= 15 is 0 Å². The molecule has 3 unspecified atom stereocenters. The Kier molecular flexibility index (Phi) is 4.59. The average Bonchev–Trinajstić information content (AvgIpc) is 2.54. The molecule has 2 N–H and O–H groups in total. The van der Waals surface area contributed by atoms with E-state index in [0.29, 0.717) is 23.6 Å². The van der Waals surface area contributed by atoms with Crippen molar-refractivity contribution >= 4 is 0 Å².